The number of rotatable bonds is 3. The van der Waals surface area contributed by atoms with Crippen molar-refractivity contribution in [3.63, 3.8) is 0 Å². The summed E-state index contributed by atoms with van der Waals surface area (Å²) >= 11 is 0. The molecule has 12 heavy (non-hydrogen) atoms. The standard InChI is InChI=1S/C10H18O2/c1-8(12-9(2)11)10-6-4-3-5-7-10/h6,8-9,11H,3-5,7H2,1-2H3. The molecule has 0 heterocycles. The van der Waals surface area contributed by atoms with Crippen molar-refractivity contribution in [1.82, 2.24) is 0 Å². The Kier molecular flexibility index (Phi) is 3.76. The number of hydrogen-bond donors (Lipinski definition) is 1. The van der Waals surface area contributed by atoms with Gasteiger partial charge in [-0.3, -0.25) is 0 Å². The van der Waals surface area contributed by atoms with Gasteiger partial charge in [0.25, 0.3) is 0 Å². The third-order valence-electron chi connectivity index (χ3n) is 2.25. The van der Waals surface area contributed by atoms with Crippen molar-refractivity contribution >= 4 is 0 Å². The van der Waals surface area contributed by atoms with Crippen LogP contribution in [0, 0.1) is 0 Å². The first-order chi connectivity index (χ1) is 5.70. The zero-order valence-corrected chi connectivity index (χ0v) is 7.92. The smallest absolute Gasteiger partial charge is 0.152 e. The van der Waals surface area contributed by atoms with E-state index >= 15 is 0 Å². The summed E-state index contributed by atoms with van der Waals surface area (Å²) in [6, 6.07) is 0. The van der Waals surface area contributed by atoms with Crippen molar-refractivity contribution < 1.29 is 9.84 Å². The minimum atomic E-state index is -0.650. The number of ether oxygens (including phenoxy) is 1. The van der Waals surface area contributed by atoms with E-state index in [1.165, 1.54) is 24.8 Å². The van der Waals surface area contributed by atoms with Gasteiger partial charge in [0.1, 0.15) is 0 Å². The van der Waals surface area contributed by atoms with Crippen LogP contribution < -0.4 is 0 Å². The summed E-state index contributed by atoms with van der Waals surface area (Å²) in [5, 5.41) is 9.00. The van der Waals surface area contributed by atoms with E-state index in [4.69, 9.17) is 9.84 Å². The maximum Gasteiger partial charge on any atom is 0.152 e. The molecule has 0 aromatic carbocycles. The lowest BCUT2D eigenvalue weighted by atomic mass is 9.96. The number of aliphatic hydroxyl groups is 1. The number of aliphatic hydroxyl groups excluding tert-OH is 1. The molecule has 0 saturated heterocycles. The molecule has 2 atom stereocenters. The van der Waals surface area contributed by atoms with Gasteiger partial charge in [0, 0.05) is 0 Å². The molecular formula is C10H18O2. The molecule has 0 fully saturated rings. The van der Waals surface area contributed by atoms with E-state index in [9.17, 15) is 0 Å². The molecular weight excluding hydrogens is 152 g/mol. The third-order valence-corrected chi connectivity index (χ3v) is 2.25. The predicted octanol–water partition coefficient (Wildman–Crippen LogP) is 2.23. The lowest BCUT2D eigenvalue weighted by Gasteiger charge is -2.21. The molecule has 1 rings (SSSR count). The highest BCUT2D eigenvalue weighted by Gasteiger charge is 2.13. The van der Waals surface area contributed by atoms with Crippen LogP contribution in [0.15, 0.2) is 11.6 Å². The summed E-state index contributed by atoms with van der Waals surface area (Å²) in [5.74, 6) is 0. The maximum absolute atomic E-state index is 9.00. The third kappa shape index (κ3) is 2.95. The van der Waals surface area contributed by atoms with Gasteiger partial charge in [-0.25, -0.2) is 0 Å². The first-order valence-electron chi connectivity index (χ1n) is 4.72. The van der Waals surface area contributed by atoms with Crippen molar-refractivity contribution in [2.75, 3.05) is 0 Å². The largest absolute Gasteiger partial charge is 0.368 e. The SMILES string of the molecule is CC(O)OC(C)C1=CCCCC1. The average Bonchev–Trinajstić information content (AvgIpc) is 2.05. The minimum Gasteiger partial charge on any atom is -0.368 e. The van der Waals surface area contributed by atoms with E-state index in [0.717, 1.165) is 6.42 Å². The number of hydrogen-bond acceptors (Lipinski definition) is 2. The highest BCUT2D eigenvalue weighted by atomic mass is 16.6. The fourth-order valence-corrected chi connectivity index (χ4v) is 1.62. The fraction of sp³-hybridized carbons (Fsp3) is 0.800. The Morgan fingerprint density at radius 1 is 1.42 bits per heavy atom. The summed E-state index contributed by atoms with van der Waals surface area (Å²) in [6.07, 6.45) is 6.55. The molecule has 2 heteroatoms. The van der Waals surface area contributed by atoms with E-state index in [1.807, 2.05) is 6.92 Å². The van der Waals surface area contributed by atoms with Crippen molar-refractivity contribution in [3.8, 4) is 0 Å². The van der Waals surface area contributed by atoms with E-state index < -0.39 is 6.29 Å². The van der Waals surface area contributed by atoms with Crippen LogP contribution in [0.4, 0.5) is 0 Å². The topological polar surface area (TPSA) is 29.5 Å². The lowest BCUT2D eigenvalue weighted by molar-refractivity contribution is -0.107. The molecule has 0 aliphatic heterocycles. The molecule has 0 spiro atoms. The minimum absolute atomic E-state index is 0.0882. The normalized spacial score (nSPS) is 23.1. The van der Waals surface area contributed by atoms with Crippen LogP contribution >= 0.6 is 0 Å². The summed E-state index contributed by atoms with van der Waals surface area (Å²) in [6.45, 7) is 3.66. The molecule has 2 unspecified atom stereocenters. The van der Waals surface area contributed by atoms with Gasteiger partial charge in [-0.1, -0.05) is 6.08 Å². The van der Waals surface area contributed by atoms with Crippen LogP contribution in [0.3, 0.4) is 0 Å². The highest BCUT2D eigenvalue weighted by molar-refractivity contribution is 5.09. The van der Waals surface area contributed by atoms with Gasteiger partial charge in [0.15, 0.2) is 6.29 Å². The van der Waals surface area contributed by atoms with Crippen LogP contribution in [-0.2, 0) is 4.74 Å². The van der Waals surface area contributed by atoms with Crippen molar-refractivity contribution in [1.29, 1.82) is 0 Å². The summed E-state index contributed by atoms with van der Waals surface area (Å²) < 4.78 is 5.28. The van der Waals surface area contributed by atoms with Crippen molar-refractivity contribution in [2.24, 2.45) is 0 Å². The van der Waals surface area contributed by atoms with Gasteiger partial charge in [0.2, 0.25) is 0 Å². The quantitative estimate of drug-likeness (QED) is 0.520. The molecule has 0 aromatic rings. The Hall–Kier alpha value is -0.340. The molecule has 1 aliphatic carbocycles. The van der Waals surface area contributed by atoms with E-state index in [-0.39, 0.29) is 6.10 Å². The summed E-state index contributed by atoms with van der Waals surface area (Å²) in [5.41, 5.74) is 1.35. The van der Waals surface area contributed by atoms with E-state index in [1.54, 1.807) is 6.92 Å². The van der Waals surface area contributed by atoms with Gasteiger partial charge >= 0.3 is 0 Å². The maximum atomic E-state index is 9.00. The Balaban J connectivity index is 2.39. The zero-order valence-electron chi connectivity index (χ0n) is 7.92. The van der Waals surface area contributed by atoms with Crippen molar-refractivity contribution in [3.05, 3.63) is 11.6 Å². The molecule has 70 valence electrons. The van der Waals surface area contributed by atoms with Crippen LogP contribution in [-0.4, -0.2) is 17.5 Å². The molecule has 0 saturated carbocycles. The molecule has 0 bridgehead atoms. The molecule has 0 radical (unpaired) electrons. The Labute approximate surface area is 74.2 Å². The first-order valence-corrected chi connectivity index (χ1v) is 4.72. The summed E-state index contributed by atoms with van der Waals surface area (Å²) in [7, 11) is 0. The Bertz CT molecular complexity index is 161. The molecule has 1 aliphatic rings. The second kappa shape index (κ2) is 4.63. The first kappa shape index (κ1) is 9.75. The van der Waals surface area contributed by atoms with E-state index in [0.29, 0.717) is 0 Å². The zero-order chi connectivity index (χ0) is 8.97. The number of allylic oxidation sites excluding steroid dienone is 1. The van der Waals surface area contributed by atoms with E-state index in [2.05, 4.69) is 6.08 Å². The molecule has 0 aromatic heterocycles. The van der Waals surface area contributed by atoms with Crippen LogP contribution in [0.25, 0.3) is 0 Å². The second-order valence-corrected chi connectivity index (χ2v) is 3.40. The highest BCUT2D eigenvalue weighted by Crippen LogP contribution is 2.22. The fourth-order valence-electron chi connectivity index (χ4n) is 1.62. The van der Waals surface area contributed by atoms with Gasteiger partial charge in [0.05, 0.1) is 6.10 Å². The van der Waals surface area contributed by atoms with Crippen LogP contribution in [0.5, 0.6) is 0 Å². The lowest BCUT2D eigenvalue weighted by Crippen LogP contribution is -2.19. The van der Waals surface area contributed by atoms with Gasteiger partial charge in [-0.15, -0.1) is 0 Å². The molecule has 0 amide bonds. The second-order valence-electron chi connectivity index (χ2n) is 3.40. The van der Waals surface area contributed by atoms with Gasteiger partial charge < -0.3 is 9.84 Å². The Morgan fingerprint density at radius 3 is 2.67 bits per heavy atom. The van der Waals surface area contributed by atoms with Crippen LogP contribution in [0.2, 0.25) is 0 Å². The molecule has 2 nitrogen and oxygen atoms in total. The van der Waals surface area contributed by atoms with Gasteiger partial charge in [-0.2, -0.15) is 0 Å². The van der Waals surface area contributed by atoms with Gasteiger partial charge in [-0.05, 0) is 45.1 Å². The van der Waals surface area contributed by atoms with Crippen LogP contribution in [0.1, 0.15) is 39.5 Å². The van der Waals surface area contributed by atoms with Crippen molar-refractivity contribution in [2.45, 2.75) is 51.9 Å². The average molecular weight is 170 g/mol. The predicted molar refractivity (Wildman–Crippen MR) is 48.8 cm³/mol. The Morgan fingerprint density at radius 2 is 2.17 bits per heavy atom. The monoisotopic (exact) mass is 170 g/mol. The molecule has 1 N–H and O–H groups in total. The summed E-state index contributed by atoms with van der Waals surface area (Å²) in [4.78, 5) is 0.